The standard InChI is InChI=1S/C22H21N3O2S/c1-14-23-19(13-28-14)16-6-5-7-17(12-16)24-21(26)18-8-3-4-9-20(18)25(2)22(27)15-10-11-15/h3-9,12-13,15H,10-11H2,1-2H3,(H,24,26). The second kappa shape index (κ2) is 7.56. The number of carbonyl (C=O) groups excluding carboxylic acids is 2. The van der Waals surface area contributed by atoms with Gasteiger partial charge in [-0.25, -0.2) is 4.98 Å². The number of benzene rings is 2. The van der Waals surface area contributed by atoms with E-state index in [2.05, 4.69) is 10.3 Å². The Balaban J connectivity index is 1.57. The first kappa shape index (κ1) is 18.4. The van der Waals surface area contributed by atoms with Crippen LogP contribution < -0.4 is 10.2 Å². The summed E-state index contributed by atoms with van der Waals surface area (Å²) in [5, 5.41) is 5.96. The van der Waals surface area contributed by atoms with Crippen LogP contribution in [0.25, 0.3) is 11.3 Å². The monoisotopic (exact) mass is 391 g/mol. The second-order valence-electron chi connectivity index (χ2n) is 6.98. The molecular weight excluding hydrogens is 370 g/mol. The van der Waals surface area contributed by atoms with Crippen LogP contribution in [0.4, 0.5) is 11.4 Å². The zero-order valence-corrected chi connectivity index (χ0v) is 16.6. The van der Waals surface area contributed by atoms with Crippen molar-refractivity contribution in [2.75, 3.05) is 17.3 Å². The van der Waals surface area contributed by atoms with Gasteiger partial charge < -0.3 is 10.2 Å². The van der Waals surface area contributed by atoms with Crippen molar-refractivity contribution in [3.8, 4) is 11.3 Å². The molecule has 1 N–H and O–H groups in total. The Labute approximate surface area is 168 Å². The number of amides is 2. The third-order valence-corrected chi connectivity index (χ3v) is 5.58. The summed E-state index contributed by atoms with van der Waals surface area (Å²) < 4.78 is 0. The molecule has 1 heterocycles. The van der Waals surface area contributed by atoms with Gasteiger partial charge in [-0.15, -0.1) is 11.3 Å². The van der Waals surface area contributed by atoms with Gasteiger partial charge in [-0.1, -0.05) is 24.3 Å². The Hall–Kier alpha value is -2.99. The molecule has 0 saturated heterocycles. The molecule has 1 aliphatic carbocycles. The predicted molar refractivity (Wildman–Crippen MR) is 113 cm³/mol. The molecule has 0 radical (unpaired) electrons. The van der Waals surface area contributed by atoms with E-state index in [0.29, 0.717) is 16.9 Å². The molecular formula is C22H21N3O2S. The summed E-state index contributed by atoms with van der Waals surface area (Å²) in [6.07, 6.45) is 1.86. The molecule has 0 aliphatic heterocycles. The maximum Gasteiger partial charge on any atom is 0.257 e. The number of aromatic nitrogens is 1. The average molecular weight is 391 g/mol. The van der Waals surface area contributed by atoms with Crippen LogP contribution in [-0.4, -0.2) is 23.8 Å². The van der Waals surface area contributed by atoms with Crippen LogP contribution in [0, 0.1) is 12.8 Å². The SMILES string of the molecule is Cc1nc(-c2cccc(NC(=O)c3ccccc3N(C)C(=O)C3CC3)c2)cs1. The maximum absolute atomic E-state index is 12.9. The fraction of sp³-hybridized carbons (Fsp3) is 0.227. The largest absolute Gasteiger partial charge is 0.322 e. The minimum Gasteiger partial charge on any atom is -0.322 e. The molecule has 28 heavy (non-hydrogen) atoms. The van der Waals surface area contributed by atoms with Crippen molar-refractivity contribution in [2.45, 2.75) is 19.8 Å². The average Bonchev–Trinajstić information content (AvgIpc) is 3.47. The first-order chi connectivity index (χ1) is 13.5. The van der Waals surface area contributed by atoms with E-state index in [9.17, 15) is 9.59 Å². The number of hydrogen-bond acceptors (Lipinski definition) is 4. The molecule has 0 unspecified atom stereocenters. The summed E-state index contributed by atoms with van der Waals surface area (Å²) >= 11 is 1.60. The molecule has 0 bridgehead atoms. The number of rotatable bonds is 5. The summed E-state index contributed by atoms with van der Waals surface area (Å²) in [6, 6.07) is 14.8. The van der Waals surface area contributed by atoms with Gasteiger partial charge in [0.1, 0.15) is 0 Å². The van der Waals surface area contributed by atoms with E-state index in [-0.39, 0.29) is 17.7 Å². The van der Waals surface area contributed by atoms with E-state index in [1.807, 2.05) is 54.8 Å². The van der Waals surface area contributed by atoms with E-state index >= 15 is 0 Å². The fourth-order valence-electron chi connectivity index (χ4n) is 3.13. The molecule has 0 atom stereocenters. The van der Waals surface area contributed by atoms with Crippen LogP contribution in [-0.2, 0) is 4.79 Å². The van der Waals surface area contributed by atoms with Gasteiger partial charge in [0.15, 0.2) is 0 Å². The molecule has 1 saturated carbocycles. The lowest BCUT2D eigenvalue weighted by atomic mass is 10.1. The van der Waals surface area contributed by atoms with Gasteiger partial charge in [0, 0.05) is 29.6 Å². The van der Waals surface area contributed by atoms with Gasteiger partial charge in [0.25, 0.3) is 5.91 Å². The first-order valence-corrected chi connectivity index (χ1v) is 10.1. The van der Waals surface area contributed by atoms with Crippen LogP contribution in [0.1, 0.15) is 28.2 Å². The van der Waals surface area contributed by atoms with Crippen molar-refractivity contribution in [2.24, 2.45) is 5.92 Å². The Bertz CT molecular complexity index is 1040. The van der Waals surface area contributed by atoms with Crippen molar-refractivity contribution >= 4 is 34.5 Å². The number of nitrogens with one attached hydrogen (secondary N) is 1. The smallest absolute Gasteiger partial charge is 0.257 e. The molecule has 1 aliphatic rings. The maximum atomic E-state index is 12.9. The van der Waals surface area contributed by atoms with Crippen molar-refractivity contribution < 1.29 is 9.59 Å². The molecule has 1 fully saturated rings. The summed E-state index contributed by atoms with van der Waals surface area (Å²) in [4.78, 5) is 31.5. The molecule has 0 spiro atoms. The quantitative estimate of drug-likeness (QED) is 0.683. The zero-order valence-electron chi connectivity index (χ0n) is 15.8. The van der Waals surface area contributed by atoms with Gasteiger partial charge in [-0.3, -0.25) is 9.59 Å². The van der Waals surface area contributed by atoms with Crippen molar-refractivity contribution in [3.63, 3.8) is 0 Å². The van der Waals surface area contributed by atoms with Crippen molar-refractivity contribution in [1.29, 1.82) is 0 Å². The Morgan fingerprint density at radius 3 is 2.64 bits per heavy atom. The lowest BCUT2D eigenvalue weighted by Crippen LogP contribution is -2.29. The molecule has 2 aromatic carbocycles. The van der Waals surface area contributed by atoms with E-state index < -0.39 is 0 Å². The summed E-state index contributed by atoms with van der Waals surface area (Å²) in [5.74, 6) is -0.0711. The Morgan fingerprint density at radius 1 is 1.14 bits per heavy atom. The third-order valence-electron chi connectivity index (χ3n) is 4.80. The highest BCUT2D eigenvalue weighted by atomic mass is 32.1. The Kier molecular flexibility index (Phi) is 4.96. The summed E-state index contributed by atoms with van der Waals surface area (Å²) in [7, 11) is 1.73. The highest BCUT2D eigenvalue weighted by molar-refractivity contribution is 7.09. The van der Waals surface area contributed by atoms with Crippen LogP contribution in [0.5, 0.6) is 0 Å². The van der Waals surface area contributed by atoms with E-state index in [4.69, 9.17) is 0 Å². The number of thiazole rings is 1. The predicted octanol–water partition coefficient (Wildman–Crippen LogP) is 4.74. The molecule has 6 heteroatoms. The van der Waals surface area contributed by atoms with Gasteiger partial charge in [-0.2, -0.15) is 0 Å². The molecule has 2 amide bonds. The van der Waals surface area contributed by atoms with Gasteiger partial charge in [0.2, 0.25) is 5.91 Å². The number of anilines is 2. The normalized spacial score (nSPS) is 13.2. The summed E-state index contributed by atoms with van der Waals surface area (Å²) in [5.41, 5.74) is 3.65. The lowest BCUT2D eigenvalue weighted by molar-refractivity contribution is -0.119. The number of aryl methyl sites for hydroxylation is 1. The summed E-state index contributed by atoms with van der Waals surface area (Å²) in [6.45, 7) is 1.97. The van der Waals surface area contributed by atoms with Gasteiger partial charge in [0.05, 0.1) is 22.0 Å². The van der Waals surface area contributed by atoms with Gasteiger partial charge >= 0.3 is 0 Å². The molecule has 4 rings (SSSR count). The van der Waals surface area contributed by atoms with Crippen LogP contribution in [0.15, 0.2) is 53.9 Å². The molecule has 3 aromatic rings. The van der Waals surface area contributed by atoms with Gasteiger partial charge in [-0.05, 0) is 44.0 Å². The molecule has 142 valence electrons. The number of carbonyl (C=O) groups is 2. The molecule has 5 nitrogen and oxygen atoms in total. The first-order valence-electron chi connectivity index (χ1n) is 9.23. The van der Waals surface area contributed by atoms with E-state index in [1.54, 1.807) is 29.4 Å². The molecule has 1 aromatic heterocycles. The van der Waals surface area contributed by atoms with E-state index in [0.717, 1.165) is 29.1 Å². The minimum atomic E-state index is -0.238. The number of para-hydroxylation sites is 1. The van der Waals surface area contributed by atoms with E-state index in [1.165, 1.54) is 0 Å². The van der Waals surface area contributed by atoms with Crippen LogP contribution >= 0.6 is 11.3 Å². The van der Waals surface area contributed by atoms with Crippen LogP contribution in [0.3, 0.4) is 0 Å². The highest BCUT2D eigenvalue weighted by Crippen LogP contribution is 2.33. The van der Waals surface area contributed by atoms with Crippen molar-refractivity contribution in [1.82, 2.24) is 4.98 Å². The minimum absolute atomic E-state index is 0.0705. The van der Waals surface area contributed by atoms with Crippen molar-refractivity contribution in [3.05, 3.63) is 64.5 Å². The van der Waals surface area contributed by atoms with Crippen LogP contribution in [0.2, 0.25) is 0 Å². The zero-order chi connectivity index (χ0) is 19.7. The number of nitrogens with zero attached hydrogens (tertiary/aromatic N) is 2. The lowest BCUT2D eigenvalue weighted by Gasteiger charge is -2.20. The number of hydrogen-bond donors (Lipinski definition) is 1. The topological polar surface area (TPSA) is 62.3 Å². The fourth-order valence-corrected chi connectivity index (χ4v) is 3.75. The highest BCUT2D eigenvalue weighted by Gasteiger charge is 2.33. The second-order valence-corrected chi connectivity index (χ2v) is 8.04. The Morgan fingerprint density at radius 2 is 1.93 bits per heavy atom. The third kappa shape index (κ3) is 3.82.